The zero-order valence-corrected chi connectivity index (χ0v) is 11.1. The molecule has 1 atom stereocenters. The van der Waals surface area contributed by atoms with Crippen LogP contribution < -0.4 is 0 Å². The summed E-state index contributed by atoms with van der Waals surface area (Å²) in [5, 5.41) is 4.24. The van der Waals surface area contributed by atoms with Gasteiger partial charge in [0.15, 0.2) is 5.78 Å². The number of aryl methyl sites for hydroxylation is 1. The smallest absolute Gasteiger partial charge is 0.166 e. The van der Waals surface area contributed by atoms with Crippen molar-refractivity contribution in [3.8, 4) is 0 Å². The fourth-order valence-electron chi connectivity index (χ4n) is 2.76. The number of rotatable bonds is 2. The normalized spacial score (nSPS) is 19.3. The summed E-state index contributed by atoms with van der Waals surface area (Å²) in [4.78, 5) is 12.6. The van der Waals surface area contributed by atoms with E-state index in [4.69, 9.17) is 0 Å². The third-order valence-corrected chi connectivity index (χ3v) is 4.45. The van der Waals surface area contributed by atoms with E-state index in [1.54, 1.807) is 11.3 Å². The molecule has 1 aromatic heterocycles. The third-order valence-electron chi connectivity index (χ3n) is 3.71. The summed E-state index contributed by atoms with van der Waals surface area (Å²) in [5.74, 6) is 0.512. The number of benzene rings is 1. The maximum Gasteiger partial charge on any atom is 0.166 e. The minimum atomic E-state index is 0.170. The molecule has 0 saturated carbocycles. The molecule has 2 heteroatoms. The average molecular weight is 256 g/mol. The Hall–Kier alpha value is -1.41. The van der Waals surface area contributed by atoms with E-state index in [9.17, 15) is 4.79 Å². The molecule has 1 heterocycles. The van der Waals surface area contributed by atoms with Crippen LogP contribution in [-0.4, -0.2) is 5.78 Å². The van der Waals surface area contributed by atoms with Crippen LogP contribution >= 0.6 is 11.3 Å². The van der Waals surface area contributed by atoms with E-state index in [1.807, 2.05) is 18.2 Å². The topological polar surface area (TPSA) is 17.1 Å². The minimum Gasteiger partial charge on any atom is -0.294 e. The highest BCUT2D eigenvalue weighted by atomic mass is 32.1. The number of ketones is 1. The first-order valence-corrected chi connectivity index (χ1v) is 7.42. The van der Waals surface area contributed by atoms with Gasteiger partial charge >= 0.3 is 0 Å². The van der Waals surface area contributed by atoms with E-state index in [0.29, 0.717) is 5.78 Å². The van der Waals surface area contributed by atoms with Crippen molar-refractivity contribution in [2.75, 3.05) is 0 Å². The van der Waals surface area contributed by atoms with Gasteiger partial charge in [-0.2, -0.15) is 11.3 Å². The highest BCUT2D eigenvalue weighted by molar-refractivity contribution is 7.07. The second-order valence-corrected chi connectivity index (χ2v) is 5.73. The van der Waals surface area contributed by atoms with E-state index in [1.165, 1.54) is 11.1 Å². The van der Waals surface area contributed by atoms with E-state index in [0.717, 1.165) is 31.2 Å². The quantitative estimate of drug-likeness (QED) is 0.738. The molecule has 0 aliphatic heterocycles. The fourth-order valence-corrected chi connectivity index (χ4v) is 3.44. The lowest BCUT2D eigenvalue weighted by atomic mass is 9.90. The number of carbonyl (C=O) groups excluding carboxylic acids is 1. The fraction of sp³-hybridized carbons (Fsp3) is 0.312. The van der Waals surface area contributed by atoms with Gasteiger partial charge in [-0.1, -0.05) is 24.3 Å². The molecule has 3 rings (SSSR count). The molecule has 1 aromatic carbocycles. The summed E-state index contributed by atoms with van der Waals surface area (Å²) in [5.41, 5.74) is 3.49. The molecule has 0 radical (unpaired) electrons. The summed E-state index contributed by atoms with van der Waals surface area (Å²) in [6, 6.07) is 10.2. The summed E-state index contributed by atoms with van der Waals surface area (Å²) < 4.78 is 0. The standard InChI is InChI=1S/C16H16OS/c17-16-14(10-12-8-9-18-11-12)6-3-5-13-4-1-2-7-15(13)16/h1-2,4,7-9,11,14H,3,5-6,10H2. The molecular weight excluding hydrogens is 240 g/mol. The first-order chi connectivity index (χ1) is 8.84. The van der Waals surface area contributed by atoms with Gasteiger partial charge in [0.05, 0.1) is 0 Å². The second-order valence-electron chi connectivity index (χ2n) is 4.95. The highest BCUT2D eigenvalue weighted by Crippen LogP contribution is 2.27. The van der Waals surface area contributed by atoms with Crippen LogP contribution in [-0.2, 0) is 12.8 Å². The predicted octanol–water partition coefficient (Wildman–Crippen LogP) is 4.13. The third kappa shape index (κ3) is 2.25. The molecule has 1 aliphatic carbocycles. The zero-order chi connectivity index (χ0) is 12.4. The molecule has 0 saturated heterocycles. The van der Waals surface area contributed by atoms with Gasteiger partial charge in [0.1, 0.15) is 0 Å². The number of hydrogen-bond donors (Lipinski definition) is 0. The minimum absolute atomic E-state index is 0.170. The van der Waals surface area contributed by atoms with Gasteiger partial charge in [-0.3, -0.25) is 4.79 Å². The van der Waals surface area contributed by atoms with E-state index < -0.39 is 0 Å². The summed E-state index contributed by atoms with van der Waals surface area (Å²) in [6.07, 6.45) is 4.08. The Labute approximate surface area is 111 Å². The maximum atomic E-state index is 12.6. The average Bonchev–Trinajstić information content (AvgIpc) is 2.85. The van der Waals surface area contributed by atoms with Crippen molar-refractivity contribution in [2.45, 2.75) is 25.7 Å². The van der Waals surface area contributed by atoms with Crippen molar-refractivity contribution in [1.29, 1.82) is 0 Å². The molecular formula is C16H16OS. The SMILES string of the molecule is O=C1c2ccccc2CCCC1Cc1ccsc1. The van der Waals surface area contributed by atoms with Gasteiger partial charge in [0.25, 0.3) is 0 Å². The molecule has 92 valence electrons. The highest BCUT2D eigenvalue weighted by Gasteiger charge is 2.25. The lowest BCUT2D eigenvalue weighted by Crippen LogP contribution is -2.16. The van der Waals surface area contributed by atoms with Gasteiger partial charge in [0, 0.05) is 11.5 Å². The van der Waals surface area contributed by atoms with Crippen molar-refractivity contribution in [3.63, 3.8) is 0 Å². The molecule has 0 fully saturated rings. The first-order valence-electron chi connectivity index (χ1n) is 6.48. The number of fused-ring (bicyclic) bond motifs is 1. The van der Waals surface area contributed by atoms with E-state index in [-0.39, 0.29) is 5.92 Å². The molecule has 0 bridgehead atoms. The summed E-state index contributed by atoms with van der Waals surface area (Å²) in [7, 11) is 0. The molecule has 18 heavy (non-hydrogen) atoms. The van der Waals surface area contributed by atoms with Gasteiger partial charge < -0.3 is 0 Å². The number of thiophene rings is 1. The molecule has 1 aliphatic rings. The van der Waals surface area contributed by atoms with Crippen LogP contribution in [0.1, 0.15) is 34.3 Å². The van der Waals surface area contributed by atoms with Crippen molar-refractivity contribution >= 4 is 17.1 Å². The van der Waals surface area contributed by atoms with Crippen molar-refractivity contribution in [1.82, 2.24) is 0 Å². The maximum absolute atomic E-state index is 12.6. The molecule has 0 spiro atoms. The molecule has 2 aromatic rings. The zero-order valence-electron chi connectivity index (χ0n) is 10.3. The Morgan fingerprint density at radius 2 is 2.11 bits per heavy atom. The van der Waals surface area contributed by atoms with Crippen LogP contribution in [0.15, 0.2) is 41.1 Å². The monoisotopic (exact) mass is 256 g/mol. The number of carbonyl (C=O) groups is 1. The Balaban J connectivity index is 1.87. The molecule has 0 N–H and O–H groups in total. The number of hydrogen-bond acceptors (Lipinski definition) is 2. The van der Waals surface area contributed by atoms with Crippen molar-refractivity contribution in [2.24, 2.45) is 5.92 Å². The van der Waals surface area contributed by atoms with Crippen molar-refractivity contribution < 1.29 is 4.79 Å². The van der Waals surface area contributed by atoms with Gasteiger partial charge in [0.2, 0.25) is 0 Å². The van der Waals surface area contributed by atoms with Gasteiger partial charge in [-0.15, -0.1) is 0 Å². The van der Waals surface area contributed by atoms with Crippen LogP contribution in [0.4, 0.5) is 0 Å². The van der Waals surface area contributed by atoms with Crippen LogP contribution in [0.5, 0.6) is 0 Å². The Kier molecular flexibility index (Phi) is 3.28. The lowest BCUT2D eigenvalue weighted by molar-refractivity contribution is 0.0915. The molecule has 1 nitrogen and oxygen atoms in total. The van der Waals surface area contributed by atoms with Crippen LogP contribution in [0.3, 0.4) is 0 Å². The largest absolute Gasteiger partial charge is 0.294 e. The predicted molar refractivity (Wildman–Crippen MR) is 75.2 cm³/mol. The molecule has 0 amide bonds. The van der Waals surface area contributed by atoms with Crippen LogP contribution in [0, 0.1) is 5.92 Å². The Morgan fingerprint density at radius 1 is 1.22 bits per heavy atom. The van der Waals surface area contributed by atoms with Gasteiger partial charge in [-0.05, 0) is 53.6 Å². The summed E-state index contributed by atoms with van der Waals surface area (Å²) >= 11 is 1.71. The Morgan fingerprint density at radius 3 is 2.94 bits per heavy atom. The van der Waals surface area contributed by atoms with E-state index >= 15 is 0 Å². The first kappa shape index (κ1) is 11.7. The van der Waals surface area contributed by atoms with Crippen LogP contribution in [0.25, 0.3) is 0 Å². The summed E-state index contributed by atoms with van der Waals surface area (Å²) in [6.45, 7) is 0. The van der Waals surface area contributed by atoms with Crippen LogP contribution in [0.2, 0.25) is 0 Å². The van der Waals surface area contributed by atoms with Gasteiger partial charge in [-0.25, -0.2) is 0 Å². The second kappa shape index (κ2) is 5.07. The Bertz CT molecular complexity index is 542. The van der Waals surface area contributed by atoms with E-state index in [2.05, 4.69) is 22.9 Å². The molecule has 1 unspecified atom stereocenters. The van der Waals surface area contributed by atoms with Crippen molar-refractivity contribution in [3.05, 3.63) is 57.8 Å². The lowest BCUT2D eigenvalue weighted by Gasteiger charge is -2.12. The number of Topliss-reactive ketones (excluding diaryl/α,β-unsaturated/α-hetero) is 1.